The largest absolute Gasteiger partial charge is 0.357 e. The molecule has 1 aromatic heterocycles. The Morgan fingerprint density at radius 1 is 1.37 bits per heavy atom. The number of H-pyrrole nitrogens is 1. The Bertz CT molecular complexity index is 489. The lowest BCUT2D eigenvalue weighted by molar-refractivity contribution is -0.122. The van der Waals surface area contributed by atoms with Crippen LogP contribution in [0.3, 0.4) is 0 Å². The van der Waals surface area contributed by atoms with E-state index in [0.29, 0.717) is 6.42 Å². The summed E-state index contributed by atoms with van der Waals surface area (Å²) < 4.78 is 0. The summed E-state index contributed by atoms with van der Waals surface area (Å²) in [6.45, 7) is 3.92. The average molecular weight is 266 g/mol. The molecule has 1 aromatic rings. The third kappa shape index (κ3) is 4.53. The molecule has 0 aliphatic carbocycles. The molecule has 0 aromatic carbocycles. The number of rotatable bonds is 5. The smallest absolute Gasteiger partial charge is 0.272 e. The number of likely N-dealkylation sites (N-methyl/N-ethyl adjacent to an activating group) is 1. The van der Waals surface area contributed by atoms with Crippen LogP contribution in [0.1, 0.15) is 30.8 Å². The van der Waals surface area contributed by atoms with Gasteiger partial charge in [-0.3, -0.25) is 14.4 Å². The molecule has 0 fully saturated rings. The summed E-state index contributed by atoms with van der Waals surface area (Å²) in [4.78, 5) is 34.4. The van der Waals surface area contributed by atoms with E-state index < -0.39 is 11.9 Å². The lowest BCUT2D eigenvalue weighted by Crippen LogP contribution is -2.46. The molecule has 3 N–H and O–H groups in total. The van der Waals surface area contributed by atoms with Crippen molar-refractivity contribution in [1.82, 2.24) is 20.8 Å². The molecule has 7 heteroatoms. The second kappa shape index (κ2) is 6.67. The Labute approximate surface area is 110 Å². The minimum atomic E-state index is -0.619. The van der Waals surface area contributed by atoms with Crippen molar-refractivity contribution in [3.8, 4) is 0 Å². The highest BCUT2D eigenvalue weighted by atomic mass is 16.2. The van der Waals surface area contributed by atoms with Gasteiger partial charge in [0, 0.05) is 13.1 Å². The number of nitrogens with zero attached hydrogens (tertiary/aromatic N) is 1. The zero-order valence-electron chi connectivity index (χ0n) is 11.2. The maximum absolute atomic E-state index is 11.9. The fraction of sp³-hybridized carbons (Fsp3) is 0.500. The minimum absolute atomic E-state index is 0.0669. The van der Waals surface area contributed by atoms with Crippen LogP contribution in [0.4, 0.5) is 0 Å². The van der Waals surface area contributed by atoms with Crippen molar-refractivity contribution >= 4 is 11.8 Å². The molecule has 1 rings (SSSR count). The highest BCUT2D eigenvalue weighted by Crippen LogP contribution is 2.05. The summed E-state index contributed by atoms with van der Waals surface area (Å²) in [6.07, 6.45) is 0.523. The summed E-state index contributed by atoms with van der Waals surface area (Å²) in [5.74, 6) is -0.497. The van der Waals surface area contributed by atoms with Gasteiger partial charge in [-0.05, 0) is 18.4 Å². The van der Waals surface area contributed by atoms with Crippen LogP contribution in [0.15, 0.2) is 16.9 Å². The van der Waals surface area contributed by atoms with Crippen LogP contribution in [0, 0.1) is 5.92 Å². The molecule has 7 nitrogen and oxygen atoms in total. The summed E-state index contributed by atoms with van der Waals surface area (Å²) in [7, 11) is 1.51. The molecule has 0 spiro atoms. The monoisotopic (exact) mass is 266 g/mol. The quantitative estimate of drug-likeness (QED) is 0.678. The van der Waals surface area contributed by atoms with E-state index in [1.807, 2.05) is 13.8 Å². The van der Waals surface area contributed by atoms with Gasteiger partial charge >= 0.3 is 0 Å². The first kappa shape index (κ1) is 14.9. The van der Waals surface area contributed by atoms with E-state index in [2.05, 4.69) is 20.8 Å². The number of amides is 2. The van der Waals surface area contributed by atoms with Crippen molar-refractivity contribution in [2.75, 3.05) is 7.05 Å². The van der Waals surface area contributed by atoms with Crippen LogP contribution in [0.2, 0.25) is 0 Å². The number of hydrogen-bond donors (Lipinski definition) is 3. The highest BCUT2D eigenvalue weighted by molar-refractivity contribution is 5.95. The summed E-state index contributed by atoms with van der Waals surface area (Å²) >= 11 is 0. The van der Waals surface area contributed by atoms with Gasteiger partial charge in [-0.15, -0.1) is 0 Å². The molecule has 0 saturated carbocycles. The van der Waals surface area contributed by atoms with Crippen LogP contribution >= 0.6 is 0 Å². The molecule has 0 saturated heterocycles. The number of nitrogens with one attached hydrogen (secondary N) is 3. The first-order chi connectivity index (χ1) is 8.93. The van der Waals surface area contributed by atoms with Crippen molar-refractivity contribution < 1.29 is 9.59 Å². The lowest BCUT2D eigenvalue weighted by Gasteiger charge is -2.18. The molecular formula is C12H18N4O3. The van der Waals surface area contributed by atoms with Crippen LogP contribution in [-0.4, -0.2) is 35.1 Å². The molecule has 2 amide bonds. The molecule has 1 atom stereocenters. The van der Waals surface area contributed by atoms with Gasteiger partial charge in [0.1, 0.15) is 11.7 Å². The van der Waals surface area contributed by atoms with E-state index in [1.54, 1.807) is 0 Å². The summed E-state index contributed by atoms with van der Waals surface area (Å²) in [5.41, 5.74) is -0.321. The zero-order valence-corrected chi connectivity index (χ0v) is 11.2. The first-order valence-corrected chi connectivity index (χ1v) is 6.02. The van der Waals surface area contributed by atoms with E-state index in [9.17, 15) is 14.4 Å². The van der Waals surface area contributed by atoms with Gasteiger partial charge in [-0.1, -0.05) is 13.8 Å². The molecule has 19 heavy (non-hydrogen) atoms. The van der Waals surface area contributed by atoms with Crippen molar-refractivity contribution in [2.24, 2.45) is 5.92 Å². The van der Waals surface area contributed by atoms with Crippen LogP contribution < -0.4 is 16.2 Å². The first-order valence-electron chi connectivity index (χ1n) is 6.02. The summed E-state index contributed by atoms with van der Waals surface area (Å²) in [5, 5.41) is 10.9. The molecule has 1 unspecified atom stereocenters. The van der Waals surface area contributed by atoms with Crippen LogP contribution in [-0.2, 0) is 4.79 Å². The molecular weight excluding hydrogens is 248 g/mol. The standard InChI is InChI=1S/C12H18N4O3/c1-7(2)6-9(11(18)13-3)14-12(19)8-4-5-10(17)16-15-8/h4-5,7,9H,6H2,1-3H3,(H,13,18)(H,14,19)(H,16,17). The predicted molar refractivity (Wildman–Crippen MR) is 69.6 cm³/mol. The highest BCUT2D eigenvalue weighted by Gasteiger charge is 2.21. The van der Waals surface area contributed by atoms with E-state index in [-0.39, 0.29) is 23.1 Å². The second-order valence-electron chi connectivity index (χ2n) is 4.58. The SMILES string of the molecule is CNC(=O)C(CC(C)C)NC(=O)c1ccc(=O)[nH]n1. The predicted octanol–water partition coefficient (Wildman–Crippen LogP) is -0.340. The van der Waals surface area contributed by atoms with Gasteiger partial charge in [-0.25, -0.2) is 5.10 Å². The van der Waals surface area contributed by atoms with Crippen LogP contribution in [0.25, 0.3) is 0 Å². The van der Waals surface area contributed by atoms with E-state index in [4.69, 9.17) is 0 Å². The maximum Gasteiger partial charge on any atom is 0.272 e. The summed E-state index contributed by atoms with van der Waals surface area (Å²) in [6, 6.07) is 1.90. The Kier molecular flexibility index (Phi) is 5.23. The van der Waals surface area contributed by atoms with Gasteiger partial charge in [-0.2, -0.15) is 5.10 Å². The van der Waals surface area contributed by atoms with E-state index in [0.717, 1.165) is 0 Å². The van der Waals surface area contributed by atoms with Crippen molar-refractivity contribution in [2.45, 2.75) is 26.3 Å². The fourth-order valence-corrected chi connectivity index (χ4v) is 1.58. The maximum atomic E-state index is 11.9. The van der Waals surface area contributed by atoms with E-state index in [1.165, 1.54) is 19.2 Å². The van der Waals surface area contributed by atoms with Crippen molar-refractivity contribution in [3.05, 3.63) is 28.2 Å². The van der Waals surface area contributed by atoms with Gasteiger partial charge in [0.15, 0.2) is 0 Å². The minimum Gasteiger partial charge on any atom is -0.357 e. The van der Waals surface area contributed by atoms with Gasteiger partial charge < -0.3 is 10.6 Å². The molecule has 0 bridgehead atoms. The topological polar surface area (TPSA) is 104 Å². The second-order valence-corrected chi connectivity index (χ2v) is 4.58. The van der Waals surface area contributed by atoms with Gasteiger partial charge in [0.2, 0.25) is 5.91 Å². The Balaban J connectivity index is 2.78. The van der Waals surface area contributed by atoms with Crippen LogP contribution in [0.5, 0.6) is 0 Å². The van der Waals surface area contributed by atoms with Gasteiger partial charge in [0.25, 0.3) is 11.5 Å². The number of carbonyl (C=O) groups excluding carboxylic acids is 2. The Morgan fingerprint density at radius 3 is 2.53 bits per heavy atom. The molecule has 0 aliphatic rings. The third-order valence-electron chi connectivity index (χ3n) is 2.49. The Hall–Kier alpha value is -2.18. The third-order valence-corrected chi connectivity index (χ3v) is 2.49. The van der Waals surface area contributed by atoms with Gasteiger partial charge in [0.05, 0.1) is 0 Å². The number of hydrogen-bond acceptors (Lipinski definition) is 4. The number of aromatic nitrogens is 2. The number of carbonyl (C=O) groups is 2. The van der Waals surface area contributed by atoms with Crippen molar-refractivity contribution in [1.29, 1.82) is 0 Å². The number of aromatic amines is 1. The molecule has 1 heterocycles. The molecule has 0 aliphatic heterocycles. The normalized spacial score (nSPS) is 12.0. The van der Waals surface area contributed by atoms with Crippen molar-refractivity contribution in [3.63, 3.8) is 0 Å². The molecule has 0 radical (unpaired) electrons. The van der Waals surface area contributed by atoms with E-state index >= 15 is 0 Å². The fourth-order valence-electron chi connectivity index (χ4n) is 1.58. The lowest BCUT2D eigenvalue weighted by atomic mass is 10.0. The zero-order chi connectivity index (χ0) is 14.4. The average Bonchev–Trinajstić information content (AvgIpc) is 2.37. The molecule has 104 valence electrons. The Morgan fingerprint density at radius 2 is 2.05 bits per heavy atom.